The Hall–Kier alpha value is -2.16. The van der Waals surface area contributed by atoms with Crippen molar-refractivity contribution in [3.8, 4) is 0 Å². The van der Waals surface area contributed by atoms with Gasteiger partial charge in [0.05, 0.1) is 17.7 Å². The zero-order chi connectivity index (χ0) is 21.7. The lowest BCUT2D eigenvalue weighted by Crippen LogP contribution is -2.46. The number of rotatable bonds is 8. The van der Waals surface area contributed by atoms with Crippen LogP contribution in [0.25, 0.3) is 0 Å². The number of furan rings is 1. The summed E-state index contributed by atoms with van der Waals surface area (Å²) in [5.74, 6) is 0.669. The molecule has 1 aromatic heterocycles. The van der Waals surface area contributed by atoms with Gasteiger partial charge in [0.1, 0.15) is 5.76 Å². The Kier molecular flexibility index (Phi) is 7.33. The van der Waals surface area contributed by atoms with E-state index in [0.29, 0.717) is 12.1 Å². The third-order valence-electron chi connectivity index (χ3n) is 5.61. The van der Waals surface area contributed by atoms with E-state index in [2.05, 4.69) is 16.7 Å². The van der Waals surface area contributed by atoms with Crippen molar-refractivity contribution in [1.82, 2.24) is 14.5 Å². The van der Waals surface area contributed by atoms with E-state index >= 15 is 0 Å². The largest absolute Gasteiger partial charge is 0.467 e. The van der Waals surface area contributed by atoms with E-state index in [1.54, 1.807) is 25.3 Å². The van der Waals surface area contributed by atoms with Crippen LogP contribution in [0.15, 0.2) is 45.9 Å². The number of aryl methyl sites for hydroxylation is 2. The molecule has 30 heavy (non-hydrogen) atoms. The van der Waals surface area contributed by atoms with Crippen molar-refractivity contribution in [1.29, 1.82) is 0 Å². The molecule has 1 aliphatic rings. The molecular weight excluding hydrogens is 402 g/mol. The van der Waals surface area contributed by atoms with Gasteiger partial charge in [-0.1, -0.05) is 17.7 Å². The van der Waals surface area contributed by atoms with Crippen molar-refractivity contribution in [2.75, 3.05) is 26.7 Å². The first-order chi connectivity index (χ1) is 14.3. The number of benzene rings is 1. The molecule has 164 valence electrons. The molecule has 0 bridgehead atoms. The molecule has 1 aliphatic heterocycles. The number of piperidine rings is 1. The maximum Gasteiger partial charge on any atom is 0.240 e. The molecule has 2 heterocycles. The molecule has 0 radical (unpaired) electrons. The van der Waals surface area contributed by atoms with Gasteiger partial charge in [-0.05, 0) is 70.6 Å². The molecule has 1 N–H and O–H groups in total. The minimum absolute atomic E-state index is 0.0652. The van der Waals surface area contributed by atoms with Gasteiger partial charge in [0.2, 0.25) is 15.9 Å². The summed E-state index contributed by atoms with van der Waals surface area (Å²) >= 11 is 0. The highest BCUT2D eigenvalue weighted by molar-refractivity contribution is 7.89. The van der Waals surface area contributed by atoms with Crippen LogP contribution in [-0.4, -0.2) is 56.8 Å². The van der Waals surface area contributed by atoms with Crippen LogP contribution in [0, 0.1) is 13.8 Å². The van der Waals surface area contributed by atoms with Crippen molar-refractivity contribution < 1.29 is 17.6 Å². The lowest BCUT2D eigenvalue weighted by Gasteiger charge is -2.37. The second-order valence-electron chi connectivity index (χ2n) is 8.05. The second-order valence-corrected chi connectivity index (χ2v) is 9.79. The molecule has 0 saturated carbocycles. The molecule has 0 spiro atoms. The highest BCUT2D eigenvalue weighted by Gasteiger charge is 2.28. The molecule has 8 heteroatoms. The Bertz CT molecular complexity index is 949. The van der Waals surface area contributed by atoms with Crippen LogP contribution in [0.3, 0.4) is 0 Å². The molecule has 1 aromatic carbocycles. The molecule has 1 fully saturated rings. The van der Waals surface area contributed by atoms with Crippen LogP contribution in [-0.2, 0) is 21.4 Å². The highest BCUT2D eigenvalue weighted by Crippen LogP contribution is 2.20. The van der Waals surface area contributed by atoms with E-state index in [9.17, 15) is 13.2 Å². The summed E-state index contributed by atoms with van der Waals surface area (Å²) in [5.41, 5.74) is 1.70. The second kappa shape index (κ2) is 9.76. The summed E-state index contributed by atoms with van der Waals surface area (Å²) in [6.45, 7) is 6.04. The van der Waals surface area contributed by atoms with Crippen molar-refractivity contribution in [2.45, 2.75) is 50.6 Å². The van der Waals surface area contributed by atoms with Crippen molar-refractivity contribution in [3.63, 3.8) is 0 Å². The highest BCUT2D eigenvalue weighted by atomic mass is 32.2. The SMILES string of the molecule is Cc1ccc(S(=O)(=O)NCCC(=O)N(Cc2ccco2)C2CCN(C)CC2)c(C)c1. The van der Waals surface area contributed by atoms with E-state index in [0.717, 1.165) is 37.3 Å². The van der Waals surface area contributed by atoms with Gasteiger partial charge in [-0.15, -0.1) is 0 Å². The van der Waals surface area contributed by atoms with Gasteiger partial charge in [0.15, 0.2) is 0 Å². The quantitative estimate of drug-likeness (QED) is 0.692. The number of carbonyl (C=O) groups excluding carboxylic acids is 1. The zero-order valence-corrected chi connectivity index (χ0v) is 18.7. The summed E-state index contributed by atoms with van der Waals surface area (Å²) in [6.07, 6.45) is 3.51. The average Bonchev–Trinajstić information content (AvgIpc) is 3.19. The summed E-state index contributed by atoms with van der Waals surface area (Å²) < 4.78 is 33.3. The Morgan fingerprint density at radius 3 is 2.60 bits per heavy atom. The molecule has 0 aliphatic carbocycles. The first kappa shape index (κ1) is 22.5. The van der Waals surface area contributed by atoms with Crippen LogP contribution in [0.2, 0.25) is 0 Å². The van der Waals surface area contributed by atoms with Crippen molar-refractivity contribution >= 4 is 15.9 Å². The van der Waals surface area contributed by atoms with Crippen LogP contribution in [0.1, 0.15) is 36.1 Å². The van der Waals surface area contributed by atoms with E-state index in [4.69, 9.17) is 4.42 Å². The number of hydrogen-bond acceptors (Lipinski definition) is 5. The van der Waals surface area contributed by atoms with Gasteiger partial charge in [-0.25, -0.2) is 13.1 Å². The van der Waals surface area contributed by atoms with E-state index in [1.807, 2.05) is 30.0 Å². The summed E-state index contributed by atoms with van der Waals surface area (Å²) in [5, 5.41) is 0. The number of nitrogens with zero attached hydrogens (tertiary/aromatic N) is 2. The number of carbonyl (C=O) groups is 1. The number of likely N-dealkylation sites (tertiary alicyclic amines) is 1. The molecular formula is C22H31N3O4S. The maximum absolute atomic E-state index is 13.0. The normalized spacial score (nSPS) is 16.0. The molecule has 0 atom stereocenters. The summed E-state index contributed by atoms with van der Waals surface area (Å²) in [4.78, 5) is 17.4. The Balaban J connectivity index is 1.63. The fourth-order valence-electron chi connectivity index (χ4n) is 3.91. The molecule has 2 aromatic rings. The third-order valence-corrected chi connectivity index (χ3v) is 7.23. The standard InChI is InChI=1S/C22H31N3O4S/c1-17-6-7-21(18(2)15-17)30(27,28)23-11-8-22(26)25(16-20-5-4-14-29-20)19-9-12-24(3)13-10-19/h4-7,14-15,19,23H,8-13,16H2,1-3H3. The smallest absolute Gasteiger partial charge is 0.240 e. The molecule has 0 unspecified atom stereocenters. The van der Waals surface area contributed by atoms with E-state index < -0.39 is 10.0 Å². The van der Waals surface area contributed by atoms with Crippen LogP contribution >= 0.6 is 0 Å². The fraction of sp³-hybridized carbons (Fsp3) is 0.500. The van der Waals surface area contributed by atoms with Gasteiger partial charge in [-0.3, -0.25) is 4.79 Å². The van der Waals surface area contributed by atoms with Gasteiger partial charge < -0.3 is 14.2 Å². The summed E-state index contributed by atoms with van der Waals surface area (Å²) in [6, 6.07) is 9.03. The fourth-order valence-corrected chi connectivity index (χ4v) is 5.17. The van der Waals surface area contributed by atoms with Gasteiger partial charge in [-0.2, -0.15) is 0 Å². The first-order valence-corrected chi connectivity index (χ1v) is 11.8. The zero-order valence-electron chi connectivity index (χ0n) is 17.9. The lowest BCUT2D eigenvalue weighted by molar-refractivity contribution is -0.135. The van der Waals surface area contributed by atoms with E-state index in [1.165, 1.54) is 0 Å². The number of sulfonamides is 1. The van der Waals surface area contributed by atoms with Gasteiger partial charge in [0.25, 0.3) is 0 Å². The topological polar surface area (TPSA) is 82.9 Å². The number of nitrogens with one attached hydrogen (secondary N) is 1. The first-order valence-electron chi connectivity index (χ1n) is 10.3. The Labute approximate surface area is 179 Å². The number of amides is 1. The van der Waals surface area contributed by atoms with Crippen LogP contribution in [0.5, 0.6) is 0 Å². The minimum atomic E-state index is -3.66. The summed E-state index contributed by atoms with van der Waals surface area (Å²) in [7, 11) is -1.58. The minimum Gasteiger partial charge on any atom is -0.467 e. The molecule has 7 nitrogen and oxygen atoms in total. The number of hydrogen-bond donors (Lipinski definition) is 1. The van der Waals surface area contributed by atoms with Crippen LogP contribution in [0.4, 0.5) is 0 Å². The maximum atomic E-state index is 13.0. The average molecular weight is 434 g/mol. The Morgan fingerprint density at radius 2 is 1.97 bits per heavy atom. The molecule has 1 amide bonds. The lowest BCUT2D eigenvalue weighted by atomic mass is 10.0. The predicted molar refractivity (Wildman–Crippen MR) is 115 cm³/mol. The predicted octanol–water partition coefficient (Wildman–Crippen LogP) is 2.69. The van der Waals surface area contributed by atoms with E-state index in [-0.39, 0.29) is 29.8 Å². The molecule has 3 rings (SSSR count). The monoisotopic (exact) mass is 433 g/mol. The third kappa shape index (κ3) is 5.71. The van der Waals surface area contributed by atoms with Gasteiger partial charge in [0, 0.05) is 19.0 Å². The Morgan fingerprint density at radius 1 is 1.23 bits per heavy atom. The van der Waals surface area contributed by atoms with Crippen molar-refractivity contribution in [2.24, 2.45) is 0 Å². The van der Waals surface area contributed by atoms with Crippen LogP contribution < -0.4 is 4.72 Å². The van der Waals surface area contributed by atoms with Gasteiger partial charge >= 0.3 is 0 Å². The van der Waals surface area contributed by atoms with Crippen molar-refractivity contribution in [3.05, 3.63) is 53.5 Å². The molecule has 1 saturated heterocycles.